The fraction of sp³-hybridized carbons (Fsp3) is 0.391. The van der Waals surface area contributed by atoms with E-state index >= 15 is 0 Å². The maximum absolute atomic E-state index is 13.4. The molecular weight excluding hydrogens is 530 g/mol. The number of carbonyl (C=O) groups is 2. The van der Waals surface area contributed by atoms with Crippen LogP contribution >= 0.6 is 27.5 Å². The Hall–Kier alpha value is -2.10. The summed E-state index contributed by atoms with van der Waals surface area (Å²) in [6, 6.07) is 12.9. The minimum atomic E-state index is -3.79. The molecule has 0 aromatic heterocycles. The van der Waals surface area contributed by atoms with Crippen molar-refractivity contribution in [2.24, 2.45) is 5.92 Å². The third kappa shape index (κ3) is 8.32. The quantitative estimate of drug-likeness (QED) is 0.477. The molecular formula is C23H29BrClN3O4S. The average molecular weight is 559 g/mol. The summed E-state index contributed by atoms with van der Waals surface area (Å²) in [5.74, 6) is -0.563. The van der Waals surface area contributed by atoms with E-state index in [2.05, 4.69) is 21.2 Å². The van der Waals surface area contributed by atoms with E-state index in [1.54, 1.807) is 25.1 Å². The number of carbonyl (C=O) groups excluding carboxylic acids is 2. The zero-order valence-corrected chi connectivity index (χ0v) is 22.2. The second kappa shape index (κ2) is 11.9. The van der Waals surface area contributed by atoms with Crippen molar-refractivity contribution in [1.29, 1.82) is 0 Å². The summed E-state index contributed by atoms with van der Waals surface area (Å²) in [6.45, 7) is 5.74. The first-order valence-electron chi connectivity index (χ1n) is 10.4. The first-order chi connectivity index (χ1) is 15.4. The van der Waals surface area contributed by atoms with E-state index in [0.717, 1.165) is 20.6 Å². The van der Waals surface area contributed by atoms with Gasteiger partial charge in [0.05, 0.1) is 11.9 Å². The van der Waals surface area contributed by atoms with Gasteiger partial charge in [0, 0.05) is 22.6 Å². The molecule has 1 N–H and O–H groups in total. The highest BCUT2D eigenvalue weighted by atomic mass is 79.9. The van der Waals surface area contributed by atoms with Gasteiger partial charge < -0.3 is 10.2 Å². The lowest BCUT2D eigenvalue weighted by Crippen LogP contribution is -2.51. The Morgan fingerprint density at radius 3 is 2.33 bits per heavy atom. The van der Waals surface area contributed by atoms with Crippen molar-refractivity contribution < 1.29 is 18.0 Å². The molecule has 0 saturated carbocycles. The number of rotatable bonds is 10. The van der Waals surface area contributed by atoms with Gasteiger partial charge in [-0.15, -0.1) is 0 Å². The lowest BCUT2D eigenvalue weighted by atomic mass is 10.1. The van der Waals surface area contributed by atoms with Crippen molar-refractivity contribution in [2.75, 3.05) is 23.7 Å². The molecule has 0 aliphatic carbocycles. The second-order valence-electron chi connectivity index (χ2n) is 8.22. The van der Waals surface area contributed by atoms with Gasteiger partial charge in [-0.05, 0) is 48.7 Å². The predicted octanol–water partition coefficient (Wildman–Crippen LogP) is 4.06. The highest BCUT2D eigenvalue weighted by Gasteiger charge is 2.30. The van der Waals surface area contributed by atoms with Crippen molar-refractivity contribution >= 4 is 55.1 Å². The minimum Gasteiger partial charge on any atom is -0.354 e. The van der Waals surface area contributed by atoms with E-state index in [1.165, 1.54) is 11.0 Å². The molecule has 2 aromatic carbocycles. The molecule has 0 fully saturated rings. The first-order valence-corrected chi connectivity index (χ1v) is 13.4. The fourth-order valence-electron chi connectivity index (χ4n) is 3.11. The lowest BCUT2D eigenvalue weighted by Gasteiger charge is -2.31. The molecule has 0 spiro atoms. The first kappa shape index (κ1) is 27.1. The van der Waals surface area contributed by atoms with Crippen LogP contribution in [0.4, 0.5) is 5.69 Å². The van der Waals surface area contributed by atoms with Crippen LogP contribution in [0, 0.1) is 5.92 Å². The summed E-state index contributed by atoms with van der Waals surface area (Å²) >= 11 is 9.46. The van der Waals surface area contributed by atoms with E-state index < -0.39 is 28.5 Å². The van der Waals surface area contributed by atoms with Gasteiger partial charge in [0.15, 0.2) is 0 Å². The molecule has 2 rings (SSSR count). The second-order valence-corrected chi connectivity index (χ2v) is 11.5. The van der Waals surface area contributed by atoms with Crippen molar-refractivity contribution in [2.45, 2.75) is 33.4 Å². The Bertz CT molecular complexity index is 1090. The molecule has 1 atom stereocenters. The number of nitrogens with zero attached hydrogens (tertiary/aromatic N) is 2. The largest absolute Gasteiger partial charge is 0.354 e. The van der Waals surface area contributed by atoms with Gasteiger partial charge in [-0.2, -0.15) is 0 Å². The highest BCUT2D eigenvalue weighted by Crippen LogP contribution is 2.23. The van der Waals surface area contributed by atoms with E-state index in [0.29, 0.717) is 11.6 Å². The lowest BCUT2D eigenvalue weighted by molar-refractivity contribution is -0.139. The fourth-order valence-corrected chi connectivity index (χ4v) is 4.58. The standard InChI is InChI=1S/C23H29BrClN3O4S/c1-16(2)13-26-23(30)17(3)27(14-18-7-5-8-19(24)11-18)22(29)15-28(33(4,31)32)21-10-6-9-20(25)12-21/h5-12,16-17H,13-15H2,1-4H3,(H,26,30)/t17-/m0/s1. The van der Waals surface area contributed by atoms with Gasteiger partial charge in [0.25, 0.3) is 0 Å². The Morgan fingerprint density at radius 2 is 1.76 bits per heavy atom. The zero-order chi connectivity index (χ0) is 24.8. The van der Waals surface area contributed by atoms with Crippen LogP contribution in [0.25, 0.3) is 0 Å². The van der Waals surface area contributed by atoms with Crippen LogP contribution in [0.1, 0.15) is 26.3 Å². The van der Waals surface area contributed by atoms with Gasteiger partial charge in [-0.3, -0.25) is 13.9 Å². The normalized spacial score (nSPS) is 12.3. The van der Waals surface area contributed by atoms with Crippen molar-refractivity contribution in [1.82, 2.24) is 10.2 Å². The topological polar surface area (TPSA) is 86.8 Å². The maximum Gasteiger partial charge on any atom is 0.244 e. The number of hydrogen-bond donors (Lipinski definition) is 1. The average Bonchev–Trinajstić information content (AvgIpc) is 2.72. The van der Waals surface area contributed by atoms with Crippen LogP contribution < -0.4 is 9.62 Å². The molecule has 180 valence electrons. The summed E-state index contributed by atoms with van der Waals surface area (Å²) in [4.78, 5) is 27.6. The van der Waals surface area contributed by atoms with E-state index in [4.69, 9.17) is 11.6 Å². The molecule has 2 amide bonds. The summed E-state index contributed by atoms with van der Waals surface area (Å²) in [5.41, 5.74) is 1.08. The zero-order valence-electron chi connectivity index (χ0n) is 19.1. The van der Waals surface area contributed by atoms with Crippen LogP contribution in [0.2, 0.25) is 5.02 Å². The smallest absolute Gasteiger partial charge is 0.244 e. The summed E-state index contributed by atoms with van der Waals surface area (Å²) in [7, 11) is -3.79. The number of hydrogen-bond acceptors (Lipinski definition) is 4. The van der Waals surface area contributed by atoms with Gasteiger partial charge in [0.1, 0.15) is 12.6 Å². The van der Waals surface area contributed by atoms with Crippen molar-refractivity contribution in [3.63, 3.8) is 0 Å². The van der Waals surface area contributed by atoms with Crippen molar-refractivity contribution in [3.8, 4) is 0 Å². The van der Waals surface area contributed by atoms with Gasteiger partial charge in [-0.1, -0.05) is 59.6 Å². The van der Waals surface area contributed by atoms with Crippen LogP contribution in [0.5, 0.6) is 0 Å². The number of amides is 2. The van der Waals surface area contributed by atoms with Crippen molar-refractivity contribution in [3.05, 3.63) is 63.6 Å². The molecule has 0 aliphatic heterocycles. The Morgan fingerprint density at radius 1 is 1.09 bits per heavy atom. The Labute approximate surface area is 209 Å². The summed E-state index contributed by atoms with van der Waals surface area (Å²) in [6.07, 6.45) is 1.03. The Kier molecular flexibility index (Phi) is 9.75. The third-order valence-corrected chi connectivity index (χ3v) is 6.74. The molecule has 0 unspecified atom stereocenters. The number of benzene rings is 2. The van der Waals surface area contributed by atoms with E-state index in [9.17, 15) is 18.0 Å². The highest BCUT2D eigenvalue weighted by molar-refractivity contribution is 9.10. The number of sulfonamides is 1. The molecule has 0 radical (unpaired) electrons. The van der Waals surface area contributed by atoms with E-state index in [-0.39, 0.29) is 24.1 Å². The Balaban J connectivity index is 2.36. The van der Waals surface area contributed by atoms with E-state index in [1.807, 2.05) is 38.1 Å². The van der Waals surface area contributed by atoms with Gasteiger partial charge in [0.2, 0.25) is 21.8 Å². The number of halogens is 2. The third-order valence-electron chi connectivity index (χ3n) is 4.87. The minimum absolute atomic E-state index is 0.141. The molecule has 0 heterocycles. The molecule has 7 nitrogen and oxygen atoms in total. The van der Waals surface area contributed by atoms with Gasteiger partial charge >= 0.3 is 0 Å². The number of nitrogens with one attached hydrogen (secondary N) is 1. The maximum atomic E-state index is 13.4. The molecule has 0 bridgehead atoms. The predicted molar refractivity (Wildman–Crippen MR) is 136 cm³/mol. The summed E-state index contributed by atoms with van der Waals surface area (Å²) < 4.78 is 26.9. The molecule has 33 heavy (non-hydrogen) atoms. The molecule has 0 aliphatic rings. The van der Waals surface area contributed by atoms with Gasteiger partial charge in [-0.25, -0.2) is 8.42 Å². The molecule has 2 aromatic rings. The van der Waals surface area contributed by atoms with Crippen LogP contribution in [-0.4, -0.2) is 50.5 Å². The monoisotopic (exact) mass is 557 g/mol. The van der Waals surface area contributed by atoms with Crippen LogP contribution in [-0.2, 0) is 26.2 Å². The van der Waals surface area contributed by atoms with Crippen LogP contribution in [0.3, 0.4) is 0 Å². The van der Waals surface area contributed by atoms with Crippen LogP contribution in [0.15, 0.2) is 53.0 Å². The molecule has 10 heteroatoms. The molecule has 0 saturated heterocycles. The number of anilines is 1. The SMILES string of the molecule is CC(C)CNC(=O)[C@H](C)N(Cc1cccc(Br)c1)C(=O)CN(c1cccc(Cl)c1)S(C)(=O)=O. The summed E-state index contributed by atoms with van der Waals surface area (Å²) in [5, 5.41) is 3.19.